The molecule has 0 fully saturated rings. The number of amides is 1. The molecule has 1 aromatic carbocycles. The molecule has 4 nitrogen and oxygen atoms in total. The second-order valence-electron chi connectivity index (χ2n) is 5.29. The van der Waals surface area contributed by atoms with Gasteiger partial charge in [-0.15, -0.1) is 11.3 Å². The van der Waals surface area contributed by atoms with Gasteiger partial charge in [0.25, 0.3) is 0 Å². The fourth-order valence-electron chi connectivity index (χ4n) is 2.85. The van der Waals surface area contributed by atoms with E-state index in [1.54, 1.807) is 12.1 Å². The van der Waals surface area contributed by atoms with Crippen LogP contribution in [0.4, 0.5) is 5.00 Å². The fraction of sp³-hybridized carbons (Fsp3) is 0.294. The molecule has 114 valence electrons. The average Bonchev–Trinajstić information content (AvgIpc) is 3.02. The van der Waals surface area contributed by atoms with Crippen LogP contribution in [0, 0.1) is 0 Å². The summed E-state index contributed by atoms with van der Waals surface area (Å²) in [5.41, 5.74) is 2.38. The first-order valence-electron chi connectivity index (χ1n) is 7.26. The zero-order valence-electron chi connectivity index (χ0n) is 12.3. The highest BCUT2D eigenvalue weighted by Crippen LogP contribution is 2.33. The second kappa shape index (κ2) is 6.32. The predicted molar refractivity (Wildman–Crippen MR) is 86.4 cm³/mol. The van der Waals surface area contributed by atoms with Crippen LogP contribution < -0.4 is 5.32 Å². The van der Waals surface area contributed by atoms with Crippen molar-refractivity contribution in [3.05, 3.63) is 52.4 Å². The fourth-order valence-corrected chi connectivity index (χ4v) is 3.68. The number of hydrogen-bond acceptors (Lipinski definition) is 4. The highest BCUT2D eigenvalue weighted by molar-refractivity contribution is 7.18. The van der Waals surface area contributed by atoms with Gasteiger partial charge in [0.2, 0.25) is 5.91 Å². The van der Waals surface area contributed by atoms with Crippen molar-refractivity contribution in [1.82, 2.24) is 0 Å². The Morgan fingerprint density at radius 1 is 1.23 bits per heavy atom. The van der Waals surface area contributed by atoms with Crippen LogP contribution in [0.25, 0.3) is 0 Å². The molecule has 1 atom stereocenters. The Morgan fingerprint density at radius 2 is 2.05 bits per heavy atom. The summed E-state index contributed by atoms with van der Waals surface area (Å²) in [5, 5.41) is 3.60. The van der Waals surface area contributed by atoms with Crippen LogP contribution in [0.15, 0.2) is 36.4 Å². The summed E-state index contributed by atoms with van der Waals surface area (Å²) < 4.78 is 4.68. The van der Waals surface area contributed by atoms with Crippen LogP contribution >= 0.6 is 11.3 Å². The number of hydrogen-bond donors (Lipinski definition) is 1. The summed E-state index contributed by atoms with van der Waals surface area (Å²) in [7, 11) is 1.35. The third-order valence-corrected chi connectivity index (χ3v) is 4.91. The van der Waals surface area contributed by atoms with Crippen molar-refractivity contribution >= 4 is 28.2 Å². The van der Waals surface area contributed by atoms with Crippen molar-refractivity contribution in [1.29, 1.82) is 0 Å². The average molecular weight is 315 g/mol. The second-order valence-corrected chi connectivity index (χ2v) is 6.37. The van der Waals surface area contributed by atoms with Gasteiger partial charge in [0, 0.05) is 0 Å². The lowest BCUT2D eigenvalue weighted by atomic mass is 9.82. The highest BCUT2D eigenvalue weighted by atomic mass is 32.1. The first kappa shape index (κ1) is 14.8. The van der Waals surface area contributed by atoms with Gasteiger partial charge in [-0.25, -0.2) is 4.79 Å². The Bertz CT molecular complexity index is 707. The van der Waals surface area contributed by atoms with Gasteiger partial charge in [-0.05, 0) is 42.5 Å². The van der Waals surface area contributed by atoms with Crippen LogP contribution in [0.3, 0.4) is 0 Å². The van der Waals surface area contributed by atoms with E-state index < -0.39 is 0 Å². The Kier molecular flexibility index (Phi) is 4.24. The standard InChI is InChI=1S/C17H17NO3S/c1-21-17(20)14-9-10-15(22-14)18-16(19)13-8-4-6-11-5-2-3-7-12(11)13/h2-3,5,7,9-10,13H,4,6,8H2,1H3,(H,18,19). The topological polar surface area (TPSA) is 55.4 Å². The molecule has 1 N–H and O–H groups in total. The molecule has 1 aliphatic rings. The summed E-state index contributed by atoms with van der Waals surface area (Å²) >= 11 is 1.23. The normalized spacial score (nSPS) is 16.7. The molecule has 1 heterocycles. The molecule has 0 saturated heterocycles. The monoisotopic (exact) mass is 315 g/mol. The van der Waals surface area contributed by atoms with E-state index in [2.05, 4.69) is 16.1 Å². The zero-order valence-corrected chi connectivity index (χ0v) is 13.1. The number of benzene rings is 1. The number of anilines is 1. The molecular formula is C17H17NO3S. The van der Waals surface area contributed by atoms with Crippen molar-refractivity contribution in [3.63, 3.8) is 0 Å². The van der Waals surface area contributed by atoms with E-state index in [0.29, 0.717) is 9.88 Å². The van der Waals surface area contributed by atoms with Crippen molar-refractivity contribution < 1.29 is 14.3 Å². The quantitative estimate of drug-likeness (QED) is 0.881. The number of ether oxygens (including phenoxy) is 1. The Balaban J connectivity index is 1.75. The van der Waals surface area contributed by atoms with E-state index in [1.807, 2.05) is 18.2 Å². The summed E-state index contributed by atoms with van der Waals surface area (Å²) in [4.78, 5) is 24.5. The lowest BCUT2D eigenvalue weighted by Crippen LogP contribution is -2.24. The SMILES string of the molecule is COC(=O)c1ccc(NC(=O)C2CCCc3ccccc32)s1. The summed E-state index contributed by atoms with van der Waals surface area (Å²) in [6.45, 7) is 0. The zero-order chi connectivity index (χ0) is 15.5. The Labute approximate surface area is 133 Å². The molecule has 22 heavy (non-hydrogen) atoms. The van der Waals surface area contributed by atoms with E-state index in [0.717, 1.165) is 24.8 Å². The number of carbonyl (C=O) groups is 2. The number of esters is 1. The minimum absolute atomic E-state index is 0.00887. The van der Waals surface area contributed by atoms with Crippen LogP contribution in [0.1, 0.15) is 39.6 Å². The minimum atomic E-state index is -0.381. The van der Waals surface area contributed by atoms with Crippen LogP contribution in [0.2, 0.25) is 0 Å². The molecule has 5 heteroatoms. The lowest BCUT2D eigenvalue weighted by molar-refractivity contribution is -0.117. The van der Waals surface area contributed by atoms with Gasteiger partial charge in [0.15, 0.2) is 0 Å². The smallest absolute Gasteiger partial charge is 0.348 e. The lowest BCUT2D eigenvalue weighted by Gasteiger charge is -2.24. The molecule has 0 saturated carbocycles. The van der Waals surface area contributed by atoms with E-state index in [1.165, 1.54) is 24.0 Å². The molecule has 2 aromatic rings. The molecule has 0 radical (unpaired) electrons. The number of thiophene rings is 1. The maximum absolute atomic E-state index is 12.6. The third kappa shape index (κ3) is 2.90. The first-order valence-corrected chi connectivity index (χ1v) is 8.07. The Hall–Kier alpha value is -2.14. The first-order chi connectivity index (χ1) is 10.7. The van der Waals surface area contributed by atoms with E-state index in [9.17, 15) is 9.59 Å². The number of nitrogens with one attached hydrogen (secondary N) is 1. The molecule has 1 aliphatic carbocycles. The summed E-state index contributed by atoms with van der Waals surface area (Å²) in [6, 6.07) is 11.5. The molecule has 0 bridgehead atoms. The number of methoxy groups -OCH3 is 1. The van der Waals surface area contributed by atoms with Gasteiger partial charge in [-0.3, -0.25) is 4.79 Å². The van der Waals surface area contributed by atoms with E-state index >= 15 is 0 Å². The van der Waals surface area contributed by atoms with Gasteiger partial charge in [0.1, 0.15) is 4.88 Å². The molecular weight excluding hydrogens is 298 g/mol. The van der Waals surface area contributed by atoms with Gasteiger partial charge < -0.3 is 10.1 Å². The van der Waals surface area contributed by atoms with Gasteiger partial charge in [0.05, 0.1) is 18.0 Å². The molecule has 0 aliphatic heterocycles. The Morgan fingerprint density at radius 3 is 2.86 bits per heavy atom. The van der Waals surface area contributed by atoms with Gasteiger partial charge >= 0.3 is 5.97 Å². The largest absolute Gasteiger partial charge is 0.465 e. The van der Waals surface area contributed by atoms with Crippen LogP contribution in [-0.4, -0.2) is 19.0 Å². The van der Waals surface area contributed by atoms with E-state index in [4.69, 9.17) is 0 Å². The molecule has 3 rings (SSSR count). The predicted octanol–water partition coefficient (Wildman–Crippen LogP) is 3.59. The van der Waals surface area contributed by atoms with Crippen LogP contribution in [0.5, 0.6) is 0 Å². The van der Waals surface area contributed by atoms with Gasteiger partial charge in [-0.2, -0.15) is 0 Å². The van der Waals surface area contributed by atoms with Crippen molar-refractivity contribution in [3.8, 4) is 0 Å². The van der Waals surface area contributed by atoms with E-state index in [-0.39, 0.29) is 17.8 Å². The maximum atomic E-state index is 12.6. The van der Waals surface area contributed by atoms with Crippen molar-refractivity contribution in [2.75, 3.05) is 12.4 Å². The van der Waals surface area contributed by atoms with Crippen molar-refractivity contribution in [2.45, 2.75) is 25.2 Å². The van der Waals surface area contributed by atoms with Crippen LogP contribution in [-0.2, 0) is 16.0 Å². The maximum Gasteiger partial charge on any atom is 0.348 e. The number of rotatable bonds is 3. The minimum Gasteiger partial charge on any atom is -0.465 e. The molecule has 1 amide bonds. The molecule has 1 unspecified atom stereocenters. The third-order valence-electron chi connectivity index (χ3n) is 3.92. The molecule has 1 aromatic heterocycles. The summed E-state index contributed by atoms with van der Waals surface area (Å²) in [6.07, 6.45) is 2.91. The van der Waals surface area contributed by atoms with Gasteiger partial charge in [-0.1, -0.05) is 24.3 Å². The number of aryl methyl sites for hydroxylation is 1. The highest BCUT2D eigenvalue weighted by Gasteiger charge is 2.26. The molecule has 0 spiro atoms. The summed E-state index contributed by atoms with van der Waals surface area (Å²) in [5.74, 6) is -0.507. The van der Waals surface area contributed by atoms with Crippen molar-refractivity contribution in [2.24, 2.45) is 0 Å². The number of carbonyl (C=O) groups excluding carboxylic acids is 2. The number of fused-ring (bicyclic) bond motifs is 1.